The van der Waals surface area contributed by atoms with Gasteiger partial charge >= 0.3 is 36.0 Å². The van der Waals surface area contributed by atoms with E-state index in [-0.39, 0.29) is 58.9 Å². The molecule has 0 spiro atoms. The van der Waals surface area contributed by atoms with Crippen molar-refractivity contribution in [3.8, 4) is 0 Å². The third-order valence-corrected chi connectivity index (χ3v) is 5.68. The number of alkyl halides is 3. The van der Waals surface area contributed by atoms with E-state index in [1.165, 1.54) is 7.11 Å². The molecule has 1 aliphatic heterocycles. The summed E-state index contributed by atoms with van der Waals surface area (Å²) in [5.41, 5.74) is 6.00. The summed E-state index contributed by atoms with van der Waals surface area (Å²) in [6, 6.07) is -0.987. The third kappa shape index (κ3) is 18.7. The SMILES string of the molecule is COC(=O)CNC(=O)C(N)CN1CCN(CC(=O)O)CCN(CC(=O)O)CCN(CC(=O)O)CC1.O=C(O)C(F)(F)F. The van der Waals surface area contributed by atoms with Crippen molar-refractivity contribution in [2.75, 3.05) is 92.2 Å². The molecule has 1 amide bonds. The lowest BCUT2D eigenvalue weighted by Gasteiger charge is -2.33. The van der Waals surface area contributed by atoms with Gasteiger partial charge in [-0.05, 0) is 0 Å². The Labute approximate surface area is 238 Å². The van der Waals surface area contributed by atoms with Crippen LogP contribution in [0.5, 0.6) is 0 Å². The molecule has 42 heavy (non-hydrogen) atoms. The lowest BCUT2D eigenvalue weighted by atomic mass is 10.2. The lowest BCUT2D eigenvalue weighted by Crippen LogP contribution is -2.53. The molecule has 1 unspecified atom stereocenters. The van der Waals surface area contributed by atoms with Crippen LogP contribution < -0.4 is 11.1 Å². The van der Waals surface area contributed by atoms with Gasteiger partial charge in [-0.3, -0.25) is 43.6 Å². The Balaban J connectivity index is 0.00000212. The molecule has 0 aromatic carbocycles. The van der Waals surface area contributed by atoms with E-state index in [0.29, 0.717) is 26.2 Å². The van der Waals surface area contributed by atoms with Gasteiger partial charge in [0.2, 0.25) is 5.91 Å². The molecule has 242 valence electrons. The zero-order chi connectivity index (χ0) is 32.5. The van der Waals surface area contributed by atoms with Crippen molar-refractivity contribution >= 4 is 35.8 Å². The van der Waals surface area contributed by atoms with Crippen LogP contribution in [0.3, 0.4) is 0 Å². The normalized spacial score (nSPS) is 17.4. The van der Waals surface area contributed by atoms with Gasteiger partial charge in [-0.2, -0.15) is 13.2 Å². The van der Waals surface area contributed by atoms with Crippen molar-refractivity contribution in [1.82, 2.24) is 24.9 Å². The Bertz CT molecular complexity index is 893. The van der Waals surface area contributed by atoms with E-state index in [1.54, 1.807) is 14.7 Å². The van der Waals surface area contributed by atoms with Crippen LogP contribution in [0.15, 0.2) is 0 Å². The number of amides is 1. The second-order valence-electron chi connectivity index (χ2n) is 9.01. The zero-order valence-electron chi connectivity index (χ0n) is 22.9. The molecule has 0 aromatic heterocycles. The summed E-state index contributed by atoms with van der Waals surface area (Å²) >= 11 is 0. The van der Waals surface area contributed by atoms with E-state index >= 15 is 0 Å². The molecular weight excluding hydrogens is 581 g/mol. The number of hydrogen-bond donors (Lipinski definition) is 6. The predicted molar refractivity (Wildman–Crippen MR) is 135 cm³/mol. The predicted octanol–water partition coefficient (Wildman–Crippen LogP) is -3.29. The summed E-state index contributed by atoms with van der Waals surface area (Å²) in [5, 5.41) is 37.2. The number of nitrogens with two attached hydrogens (primary N) is 1. The molecule has 1 saturated heterocycles. The summed E-state index contributed by atoms with van der Waals surface area (Å²) in [6.45, 7) is 1.48. The number of rotatable bonds is 11. The molecule has 1 atom stereocenters. The average Bonchev–Trinajstić information content (AvgIpc) is 2.87. The summed E-state index contributed by atoms with van der Waals surface area (Å²) in [5.74, 6) is -7.03. The Morgan fingerprint density at radius 1 is 0.738 bits per heavy atom. The molecule has 7 N–H and O–H groups in total. The fourth-order valence-corrected chi connectivity index (χ4v) is 3.53. The number of methoxy groups -OCH3 is 1. The molecule has 17 nitrogen and oxygen atoms in total. The van der Waals surface area contributed by atoms with Crippen LogP contribution in [-0.4, -0.2) is 180 Å². The van der Waals surface area contributed by atoms with Gasteiger partial charge in [0.1, 0.15) is 6.54 Å². The summed E-state index contributed by atoms with van der Waals surface area (Å²) in [4.78, 5) is 73.1. The highest BCUT2D eigenvalue weighted by Crippen LogP contribution is 2.13. The Hall–Kier alpha value is -3.59. The molecule has 20 heteroatoms. The summed E-state index contributed by atoms with van der Waals surface area (Å²) in [7, 11) is 1.19. The monoisotopic (exact) mass is 618 g/mol. The van der Waals surface area contributed by atoms with E-state index in [9.17, 15) is 52.5 Å². The Morgan fingerprint density at radius 3 is 1.31 bits per heavy atom. The lowest BCUT2D eigenvalue weighted by molar-refractivity contribution is -0.192. The molecule has 0 radical (unpaired) electrons. The van der Waals surface area contributed by atoms with Gasteiger partial charge in [-0.1, -0.05) is 0 Å². The number of carboxylic acid groups (broad SMARTS) is 4. The fraction of sp³-hybridized carbons (Fsp3) is 0.727. The van der Waals surface area contributed by atoms with Crippen molar-refractivity contribution in [2.45, 2.75) is 12.2 Å². The van der Waals surface area contributed by atoms with Gasteiger partial charge in [0.25, 0.3) is 0 Å². The number of hydrogen-bond acceptors (Lipinski definition) is 12. The number of esters is 1. The fourth-order valence-electron chi connectivity index (χ4n) is 3.53. The van der Waals surface area contributed by atoms with Gasteiger partial charge in [-0.15, -0.1) is 0 Å². The van der Waals surface area contributed by atoms with E-state index in [4.69, 9.17) is 15.6 Å². The minimum Gasteiger partial charge on any atom is -0.480 e. The number of carbonyl (C=O) groups is 6. The van der Waals surface area contributed by atoms with Crippen LogP contribution in [0.4, 0.5) is 13.2 Å². The highest BCUT2D eigenvalue weighted by molar-refractivity contribution is 5.85. The number of aliphatic carboxylic acids is 4. The van der Waals surface area contributed by atoms with Crippen LogP contribution in [0.25, 0.3) is 0 Å². The minimum absolute atomic E-state index is 0.0972. The van der Waals surface area contributed by atoms with Crippen molar-refractivity contribution in [3.05, 3.63) is 0 Å². The van der Waals surface area contributed by atoms with Gasteiger partial charge in [0.15, 0.2) is 0 Å². The maximum Gasteiger partial charge on any atom is 0.490 e. The first-order chi connectivity index (χ1) is 19.4. The quantitative estimate of drug-likeness (QED) is 0.124. The molecule has 1 aliphatic rings. The number of carbonyl (C=O) groups excluding carboxylic acids is 2. The second-order valence-corrected chi connectivity index (χ2v) is 9.01. The Kier molecular flexibility index (Phi) is 17.8. The van der Waals surface area contributed by atoms with Crippen LogP contribution in [0.1, 0.15) is 0 Å². The third-order valence-electron chi connectivity index (χ3n) is 5.68. The minimum atomic E-state index is -5.08. The van der Waals surface area contributed by atoms with Gasteiger partial charge in [-0.25, -0.2) is 4.79 Å². The smallest absolute Gasteiger partial charge is 0.480 e. The number of ether oxygens (including phenoxy) is 1. The average molecular weight is 619 g/mol. The molecule has 0 bridgehead atoms. The first-order valence-electron chi connectivity index (χ1n) is 12.4. The zero-order valence-corrected chi connectivity index (χ0v) is 22.9. The topological polar surface area (TPSA) is 244 Å². The van der Waals surface area contributed by atoms with Gasteiger partial charge < -0.3 is 36.2 Å². The molecular formula is C22H37F3N6O11. The van der Waals surface area contributed by atoms with Crippen molar-refractivity contribution in [3.63, 3.8) is 0 Å². The van der Waals surface area contributed by atoms with Crippen LogP contribution >= 0.6 is 0 Å². The van der Waals surface area contributed by atoms with Crippen LogP contribution in [0.2, 0.25) is 0 Å². The van der Waals surface area contributed by atoms with E-state index < -0.39 is 48.0 Å². The van der Waals surface area contributed by atoms with Crippen LogP contribution in [0, 0.1) is 0 Å². The van der Waals surface area contributed by atoms with Gasteiger partial charge in [0.05, 0.1) is 32.8 Å². The summed E-state index contributed by atoms with van der Waals surface area (Å²) < 4.78 is 36.2. The Morgan fingerprint density at radius 2 is 1.05 bits per heavy atom. The van der Waals surface area contributed by atoms with Crippen molar-refractivity contribution < 1.29 is 67.1 Å². The molecule has 0 aliphatic carbocycles. The molecule has 1 heterocycles. The number of carboxylic acids is 4. The second kappa shape index (κ2) is 19.5. The van der Waals surface area contributed by atoms with Crippen molar-refractivity contribution in [1.29, 1.82) is 0 Å². The van der Waals surface area contributed by atoms with E-state index in [1.807, 2.05) is 4.90 Å². The summed E-state index contributed by atoms with van der Waals surface area (Å²) in [6.07, 6.45) is -5.08. The highest BCUT2D eigenvalue weighted by atomic mass is 19.4. The van der Waals surface area contributed by atoms with Crippen molar-refractivity contribution in [2.24, 2.45) is 5.73 Å². The molecule has 1 fully saturated rings. The maximum atomic E-state index is 12.3. The van der Waals surface area contributed by atoms with E-state index in [0.717, 1.165) is 0 Å². The number of nitrogens with zero attached hydrogens (tertiary/aromatic N) is 4. The van der Waals surface area contributed by atoms with Gasteiger partial charge in [0, 0.05) is 58.9 Å². The number of nitrogens with one attached hydrogen (secondary N) is 1. The molecule has 0 aromatic rings. The first kappa shape index (κ1) is 38.4. The standard InChI is InChI=1S/C20H36N6O9.C2HF3O2/c1-35-19(33)10-22-20(34)15(21)11-23-2-4-24(12-16(27)28)6-8-26(14-18(31)32)9-7-25(5-3-23)13-17(29)30;3-2(4,5)1(6)7/h15H,2-14,21H2,1H3,(H,22,34)(H,27,28)(H,29,30)(H,31,32);(H,6,7). The maximum absolute atomic E-state index is 12.3. The van der Waals surface area contributed by atoms with Crippen LogP contribution in [-0.2, 0) is 33.5 Å². The van der Waals surface area contributed by atoms with E-state index in [2.05, 4.69) is 10.1 Å². The first-order valence-corrected chi connectivity index (χ1v) is 12.4. The highest BCUT2D eigenvalue weighted by Gasteiger charge is 2.38. The molecule has 0 saturated carbocycles. The number of halogens is 3. The molecule has 1 rings (SSSR count). The largest absolute Gasteiger partial charge is 0.490 e.